The number of hydrogen-bond acceptors (Lipinski definition) is 4. The summed E-state index contributed by atoms with van der Waals surface area (Å²) in [5.74, 6) is 0.680. The van der Waals surface area contributed by atoms with Crippen LogP contribution in [0.5, 0.6) is 11.5 Å². The summed E-state index contributed by atoms with van der Waals surface area (Å²) in [6, 6.07) is 12.2. The molecule has 1 heterocycles. The Kier molecular flexibility index (Phi) is 4.12. The Morgan fingerprint density at radius 3 is 2.75 bits per heavy atom. The highest BCUT2D eigenvalue weighted by atomic mass is 16.5. The van der Waals surface area contributed by atoms with Crippen LogP contribution in [0.1, 0.15) is 17.3 Å². The molecule has 0 spiro atoms. The molecular weight excluding hydrogens is 308 g/mol. The number of para-hydroxylation sites is 1. The highest BCUT2D eigenvalue weighted by Gasteiger charge is 2.29. The van der Waals surface area contributed by atoms with Crippen molar-refractivity contribution in [3.8, 4) is 11.5 Å². The van der Waals surface area contributed by atoms with Gasteiger partial charge in [-0.25, -0.2) is 0 Å². The van der Waals surface area contributed by atoms with Crippen LogP contribution in [0.4, 0.5) is 11.4 Å². The van der Waals surface area contributed by atoms with Crippen molar-refractivity contribution in [2.45, 2.75) is 13.0 Å². The van der Waals surface area contributed by atoms with E-state index in [1.807, 2.05) is 0 Å². The minimum atomic E-state index is -0.553. The monoisotopic (exact) mass is 326 g/mol. The van der Waals surface area contributed by atoms with Gasteiger partial charge in [0.25, 0.3) is 11.8 Å². The lowest BCUT2D eigenvalue weighted by atomic mass is 10.1. The van der Waals surface area contributed by atoms with Crippen molar-refractivity contribution < 1.29 is 19.1 Å². The van der Waals surface area contributed by atoms with E-state index in [9.17, 15) is 9.59 Å². The first-order chi connectivity index (χ1) is 11.5. The van der Waals surface area contributed by atoms with Crippen LogP contribution in [-0.4, -0.2) is 32.1 Å². The molecule has 1 aliphatic heterocycles. The van der Waals surface area contributed by atoms with Crippen LogP contribution in [0.25, 0.3) is 0 Å². The van der Waals surface area contributed by atoms with E-state index in [1.165, 1.54) is 7.11 Å². The number of benzene rings is 2. The third kappa shape index (κ3) is 2.78. The molecule has 1 N–H and O–H groups in total. The first-order valence-electron chi connectivity index (χ1n) is 7.54. The molecule has 124 valence electrons. The number of hydrogen-bond donors (Lipinski definition) is 1. The fourth-order valence-corrected chi connectivity index (χ4v) is 2.63. The van der Waals surface area contributed by atoms with E-state index in [0.29, 0.717) is 28.4 Å². The number of ether oxygens (including phenoxy) is 2. The average molecular weight is 326 g/mol. The zero-order valence-corrected chi connectivity index (χ0v) is 13.7. The topological polar surface area (TPSA) is 67.9 Å². The Morgan fingerprint density at radius 1 is 1.25 bits per heavy atom. The number of anilines is 2. The van der Waals surface area contributed by atoms with Crippen molar-refractivity contribution in [2.24, 2.45) is 0 Å². The van der Waals surface area contributed by atoms with Gasteiger partial charge < -0.3 is 19.7 Å². The van der Waals surface area contributed by atoms with Gasteiger partial charge in [0.15, 0.2) is 6.10 Å². The maximum Gasteiger partial charge on any atom is 0.267 e. The second-order valence-corrected chi connectivity index (χ2v) is 5.49. The normalized spacial score (nSPS) is 16.2. The molecule has 0 fully saturated rings. The van der Waals surface area contributed by atoms with Crippen LogP contribution in [0.3, 0.4) is 0 Å². The third-order valence-corrected chi connectivity index (χ3v) is 3.91. The van der Waals surface area contributed by atoms with E-state index in [-0.39, 0.29) is 11.8 Å². The van der Waals surface area contributed by atoms with E-state index in [1.54, 1.807) is 61.3 Å². The van der Waals surface area contributed by atoms with Crippen LogP contribution >= 0.6 is 0 Å². The highest BCUT2D eigenvalue weighted by Crippen LogP contribution is 2.35. The molecule has 0 aliphatic carbocycles. The first-order valence-corrected chi connectivity index (χ1v) is 7.54. The molecule has 0 aromatic heterocycles. The molecular formula is C18H18N2O4. The summed E-state index contributed by atoms with van der Waals surface area (Å²) in [6.07, 6.45) is -0.553. The van der Waals surface area contributed by atoms with E-state index in [0.717, 1.165) is 0 Å². The van der Waals surface area contributed by atoms with Gasteiger partial charge in [0, 0.05) is 18.8 Å². The predicted octanol–water partition coefficient (Wildman–Crippen LogP) is 2.69. The number of carbonyl (C=O) groups excluding carboxylic acids is 2. The van der Waals surface area contributed by atoms with Crippen LogP contribution in [0, 0.1) is 0 Å². The summed E-state index contributed by atoms with van der Waals surface area (Å²) >= 11 is 0. The van der Waals surface area contributed by atoms with Crippen LogP contribution in [0.15, 0.2) is 42.5 Å². The zero-order valence-electron chi connectivity index (χ0n) is 13.7. The number of rotatable bonds is 3. The van der Waals surface area contributed by atoms with Gasteiger partial charge in [0.2, 0.25) is 0 Å². The number of likely N-dealkylation sites (N-methyl/N-ethyl adjacent to an activating group) is 1. The summed E-state index contributed by atoms with van der Waals surface area (Å²) in [5.41, 5.74) is 1.70. The van der Waals surface area contributed by atoms with E-state index >= 15 is 0 Å². The van der Waals surface area contributed by atoms with Gasteiger partial charge in [-0.15, -0.1) is 0 Å². The molecule has 6 nitrogen and oxygen atoms in total. The Labute approximate surface area is 140 Å². The van der Waals surface area contributed by atoms with Gasteiger partial charge in [-0.2, -0.15) is 0 Å². The maximum absolute atomic E-state index is 12.4. The number of nitrogens with zero attached hydrogens (tertiary/aromatic N) is 1. The summed E-state index contributed by atoms with van der Waals surface area (Å²) in [5, 5.41) is 2.82. The molecule has 1 atom stereocenters. The maximum atomic E-state index is 12.4. The van der Waals surface area contributed by atoms with Crippen molar-refractivity contribution in [1.82, 2.24) is 0 Å². The van der Waals surface area contributed by atoms with E-state index in [2.05, 4.69) is 5.32 Å². The lowest BCUT2D eigenvalue weighted by Crippen LogP contribution is -2.41. The average Bonchev–Trinajstić information content (AvgIpc) is 2.59. The van der Waals surface area contributed by atoms with Crippen LogP contribution in [0.2, 0.25) is 0 Å². The Morgan fingerprint density at radius 2 is 2.00 bits per heavy atom. The van der Waals surface area contributed by atoms with E-state index in [4.69, 9.17) is 9.47 Å². The second kappa shape index (κ2) is 6.23. The lowest BCUT2D eigenvalue weighted by molar-refractivity contribution is -0.125. The zero-order chi connectivity index (χ0) is 17.3. The minimum Gasteiger partial charge on any atom is -0.496 e. The molecule has 0 saturated heterocycles. The van der Waals surface area contributed by atoms with Crippen molar-refractivity contribution >= 4 is 23.2 Å². The number of methoxy groups -OCH3 is 1. The molecule has 1 unspecified atom stereocenters. The number of amides is 2. The smallest absolute Gasteiger partial charge is 0.267 e. The third-order valence-electron chi connectivity index (χ3n) is 3.91. The summed E-state index contributed by atoms with van der Waals surface area (Å²) < 4.78 is 10.8. The number of nitrogens with one attached hydrogen (secondary N) is 1. The molecule has 2 amide bonds. The standard InChI is InChI=1S/C18H18N2O4/c1-11-18(22)20(2)14-9-8-12(10-16(14)24-11)19-17(21)13-6-4-5-7-15(13)23-3/h4-11H,1-3H3,(H,19,21). The Bertz CT molecular complexity index is 803. The summed E-state index contributed by atoms with van der Waals surface area (Å²) in [7, 11) is 3.22. The second-order valence-electron chi connectivity index (χ2n) is 5.49. The van der Waals surface area contributed by atoms with Crippen LogP contribution in [-0.2, 0) is 4.79 Å². The molecule has 0 bridgehead atoms. The molecule has 3 rings (SSSR count). The van der Waals surface area contributed by atoms with Gasteiger partial charge in [0.05, 0.1) is 18.4 Å². The van der Waals surface area contributed by atoms with Crippen LogP contribution < -0.4 is 19.7 Å². The quantitative estimate of drug-likeness (QED) is 0.941. The highest BCUT2D eigenvalue weighted by molar-refractivity contribution is 6.07. The summed E-state index contributed by atoms with van der Waals surface area (Å²) in [4.78, 5) is 25.9. The van der Waals surface area contributed by atoms with Crippen molar-refractivity contribution in [3.05, 3.63) is 48.0 Å². The van der Waals surface area contributed by atoms with Crippen molar-refractivity contribution in [2.75, 3.05) is 24.4 Å². The van der Waals surface area contributed by atoms with E-state index < -0.39 is 6.10 Å². The van der Waals surface area contributed by atoms with Crippen molar-refractivity contribution in [1.29, 1.82) is 0 Å². The molecule has 1 aliphatic rings. The molecule has 2 aromatic carbocycles. The van der Waals surface area contributed by atoms with Gasteiger partial charge in [0.1, 0.15) is 11.5 Å². The largest absolute Gasteiger partial charge is 0.496 e. The van der Waals surface area contributed by atoms with Gasteiger partial charge in [-0.1, -0.05) is 12.1 Å². The van der Waals surface area contributed by atoms with Gasteiger partial charge >= 0.3 is 0 Å². The molecule has 24 heavy (non-hydrogen) atoms. The minimum absolute atomic E-state index is 0.103. The Hall–Kier alpha value is -3.02. The van der Waals surface area contributed by atoms with Crippen molar-refractivity contribution in [3.63, 3.8) is 0 Å². The first kappa shape index (κ1) is 15.9. The molecule has 2 aromatic rings. The fourth-order valence-electron chi connectivity index (χ4n) is 2.63. The van der Waals surface area contributed by atoms with Gasteiger partial charge in [-0.05, 0) is 31.2 Å². The molecule has 0 saturated carbocycles. The Balaban J connectivity index is 1.86. The number of carbonyl (C=O) groups is 2. The molecule has 6 heteroatoms. The SMILES string of the molecule is COc1ccccc1C(=O)Nc1ccc2c(c1)OC(C)C(=O)N2C. The lowest BCUT2D eigenvalue weighted by Gasteiger charge is -2.30. The summed E-state index contributed by atoms with van der Waals surface area (Å²) in [6.45, 7) is 1.70. The molecule has 0 radical (unpaired) electrons. The number of fused-ring (bicyclic) bond motifs is 1. The fraction of sp³-hybridized carbons (Fsp3) is 0.222. The predicted molar refractivity (Wildman–Crippen MR) is 90.9 cm³/mol. The van der Waals surface area contributed by atoms with Gasteiger partial charge in [-0.3, -0.25) is 9.59 Å².